The Balaban J connectivity index is 2.10. The van der Waals surface area contributed by atoms with Crippen LogP contribution in [0.1, 0.15) is 0 Å². The van der Waals surface area contributed by atoms with E-state index in [-0.39, 0.29) is 0 Å². The third-order valence-corrected chi connectivity index (χ3v) is 4.81. The molecule has 4 aromatic carbocycles. The molecule has 1 N–H and O–H groups in total. The highest BCUT2D eigenvalue weighted by molar-refractivity contribution is 6.20. The minimum absolute atomic E-state index is 1.06. The zero-order valence-electron chi connectivity index (χ0n) is 13.4. The number of pyridine rings is 1. The van der Waals surface area contributed by atoms with E-state index in [0.717, 1.165) is 16.7 Å². The Hall–Kier alpha value is -3.13. The molecule has 1 aromatic heterocycles. The topological polar surface area (TPSA) is 24.9 Å². The second-order valence-electron chi connectivity index (χ2n) is 6.10. The molecule has 5 rings (SSSR count). The first-order chi connectivity index (χ1) is 11.9. The molecule has 0 aliphatic rings. The Labute approximate surface area is 139 Å². The molecule has 0 aliphatic carbocycles. The van der Waals surface area contributed by atoms with Crippen LogP contribution >= 0.6 is 0 Å². The van der Waals surface area contributed by atoms with E-state index in [1.807, 2.05) is 7.05 Å². The zero-order chi connectivity index (χ0) is 16.1. The first-order valence-electron chi connectivity index (χ1n) is 8.17. The van der Waals surface area contributed by atoms with Gasteiger partial charge >= 0.3 is 0 Å². The maximum absolute atomic E-state index is 5.10. The van der Waals surface area contributed by atoms with E-state index in [0.29, 0.717) is 0 Å². The standard InChI is InChI=1S/C22H16N2/c1-23-20-18-12-10-14-6-2-4-8-16(14)21(18)24-22-17-9-5-3-7-15(17)11-13-19(20)22/h2-13H,1H3,(H,23,24). The fourth-order valence-corrected chi connectivity index (χ4v) is 3.68. The van der Waals surface area contributed by atoms with E-state index in [1.54, 1.807) is 0 Å². The Morgan fingerprint density at radius 1 is 0.583 bits per heavy atom. The average molecular weight is 308 g/mol. The van der Waals surface area contributed by atoms with Crippen molar-refractivity contribution in [1.29, 1.82) is 0 Å². The molecule has 0 fully saturated rings. The fraction of sp³-hybridized carbons (Fsp3) is 0.0455. The van der Waals surface area contributed by atoms with Crippen LogP contribution in [0.5, 0.6) is 0 Å². The number of benzene rings is 4. The lowest BCUT2D eigenvalue weighted by Crippen LogP contribution is -1.95. The Morgan fingerprint density at radius 2 is 1.08 bits per heavy atom. The Bertz CT molecular complexity index is 1140. The van der Waals surface area contributed by atoms with Gasteiger partial charge in [0.15, 0.2) is 0 Å². The summed E-state index contributed by atoms with van der Waals surface area (Å²) < 4.78 is 0. The van der Waals surface area contributed by atoms with Crippen LogP contribution in [0.15, 0.2) is 72.8 Å². The van der Waals surface area contributed by atoms with E-state index in [9.17, 15) is 0 Å². The van der Waals surface area contributed by atoms with Gasteiger partial charge < -0.3 is 5.32 Å². The quantitative estimate of drug-likeness (QED) is 0.316. The van der Waals surface area contributed by atoms with Crippen molar-refractivity contribution in [2.75, 3.05) is 12.4 Å². The summed E-state index contributed by atoms with van der Waals surface area (Å²) in [6.07, 6.45) is 0. The summed E-state index contributed by atoms with van der Waals surface area (Å²) in [6.45, 7) is 0. The molecule has 0 saturated heterocycles. The van der Waals surface area contributed by atoms with Gasteiger partial charge in [0.2, 0.25) is 0 Å². The summed E-state index contributed by atoms with van der Waals surface area (Å²) in [5.74, 6) is 0. The summed E-state index contributed by atoms with van der Waals surface area (Å²) in [5.41, 5.74) is 3.26. The molecule has 2 nitrogen and oxygen atoms in total. The number of aromatic nitrogens is 1. The van der Waals surface area contributed by atoms with Crippen LogP contribution in [-0.4, -0.2) is 12.0 Å². The summed E-state index contributed by atoms with van der Waals surface area (Å²) >= 11 is 0. The second-order valence-corrected chi connectivity index (χ2v) is 6.10. The second kappa shape index (κ2) is 4.93. The molecule has 114 valence electrons. The molecule has 0 unspecified atom stereocenters. The lowest BCUT2D eigenvalue weighted by atomic mass is 10.00. The van der Waals surface area contributed by atoms with E-state index < -0.39 is 0 Å². The first-order valence-corrected chi connectivity index (χ1v) is 8.17. The minimum atomic E-state index is 1.06. The van der Waals surface area contributed by atoms with Crippen LogP contribution in [0.25, 0.3) is 43.4 Å². The molecule has 5 aromatic rings. The highest BCUT2D eigenvalue weighted by Crippen LogP contribution is 2.36. The summed E-state index contributed by atoms with van der Waals surface area (Å²) in [7, 11) is 1.98. The van der Waals surface area contributed by atoms with Gasteiger partial charge in [0, 0.05) is 28.6 Å². The van der Waals surface area contributed by atoms with Crippen LogP contribution in [-0.2, 0) is 0 Å². The molecule has 0 spiro atoms. The van der Waals surface area contributed by atoms with Crippen molar-refractivity contribution in [2.45, 2.75) is 0 Å². The van der Waals surface area contributed by atoms with Crippen molar-refractivity contribution in [3.05, 3.63) is 72.8 Å². The molecule has 0 bridgehead atoms. The monoisotopic (exact) mass is 308 g/mol. The Kier molecular flexibility index (Phi) is 2.74. The van der Waals surface area contributed by atoms with Gasteiger partial charge in [-0.25, -0.2) is 4.98 Å². The van der Waals surface area contributed by atoms with E-state index in [2.05, 4.69) is 78.1 Å². The van der Waals surface area contributed by atoms with Crippen LogP contribution in [0, 0.1) is 0 Å². The van der Waals surface area contributed by atoms with Gasteiger partial charge in [-0.05, 0) is 10.8 Å². The normalized spacial score (nSPS) is 11.5. The van der Waals surface area contributed by atoms with Gasteiger partial charge in [-0.3, -0.25) is 0 Å². The number of fused-ring (bicyclic) bond motifs is 6. The predicted octanol–water partition coefficient (Wildman–Crippen LogP) is 5.74. The summed E-state index contributed by atoms with van der Waals surface area (Å²) in [4.78, 5) is 5.10. The molecule has 2 heteroatoms. The molecule has 24 heavy (non-hydrogen) atoms. The van der Waals surface area contributed by atoms with Gasteiger partial charge in [0.05, 0.1) is 16.7 Å². The lowest BCUT2D eigenvalue weighted by molar-refractivity contribution is 1.50. The third-order valence-electron chi connectivity index (χ3n) is 4.81. The highest BCUT2D eigenvalue weighted by Gasteiger charge is 2.12. The van der Waals surface area contributed by atoms with Gasteiger partial charge in [0.1, 0.15) is 0 Å². The maximum Gasteiger partial charge on any atom is 0.0809 e. The molecule has 0 radical (unpaired) electrons. The molecule has 1 heterocycles. The summed E-state index contributed by atoms with van der Waals surface area (Å²) in [5, 5.41) is 10.6. The van der Waals surface area contributed by atoms with Crippen molar-refractivity contribution >= 4 is 49.0 Å². The molecular formula is C22H16N2. The van der Waals surface area contributed by atoms with Gasteiger partial charge in [-0.15, -0.1) is 0 Å². The van der Waals surface area contributed by atoms with Crippen LogP contribution in [0.2, 0.25) is 0 Å². The molecule has 0 atom stereocenters. The van der Waals surface area contributed by atoms with Gasteiger partial charge in [-0.1, -0.05) is 72.8 Å². The Morgan fingerprint density at radius 3 is 1.58 bits per heavy atom. The van der Waals surface area contributed by atoms with E-state index >= 15 is 0 Å². The average Bonchev–Trinajstić information content (AvgIpc) is 2.66. The van der Waals surface area contributed by atoms with Crippen molar-refractivity contribution in [1.82, 2.24) is 4.98 Å². The molecular weight excluding hydrogens is 292 g/mol. The third kappa shape index (κ3) is 1.74. The maximum atomic E-state index is 5.10. The molecule has 0 saturated carbocycles. The number of rotatable bonds is 1. The number of hydrogen-bond acceptors (Lipinski definition) is 2. The number of hydrogen-bond donors (Lipinski definition) is 1. The van der Waals surface area contributed by atoms with Crippen molar-refractivity contribution in [3.63, 3.8) is 0 Å². The van der Waals surface area contributed by atoms with Crippen molar-refractivity contribution in [2.24, 2.45) is 0 Å². The van der Waals surface area contributed by atoms with Crippen molar-refractivity contribution in [3.8, 4) is 0 Å². The van der Waals surface area contributed by atoms with E-state index in [4.69, 9.17) is 4.98 Å². The van der Waals surface area contributed by atoms with Gasteiger partial charge in [-0.2, -0.15) is 0 Å². The number of anilines is 1. The minimum Gasteiger partial charge on any atom is -0.387 e. The molecule has 0 amide bonds. The highest BCUT2D eigenvalue weighted by atomic mass is 14.8. The van der Waals surface area contributed by atoms with Crippen LogP contribution < -0.4 is 5.32 Å². The van der Waals surface area contributed by atoms with Crippen LogP contribution in [0.3, 0.4) is 0 Å². The smallest absolute Gasteiger partial charge is 0.0809 e. The van der Waals surface area contributed by atoms with Crippen LogP contribution in [0.4, 0.5) is 5.69 Å². The number of nitrogens with one attached hydrogen (secondary N) is 1. The largest absolute Gasteiger partial charge is 0.387 e. The predicted molar refractivity (Wildman–Crippen MR) is 104 cm³/mol. The zero-order valence-corrected chi connectivity index (χ0v) is 13.4. The SMILES string of the molecule is CNc1c2ccc3ccccc3c2nc2c1ccc1ccccc12. The van der Waals surface area contributed by atoms with Crippen molar-refractivity contribution < 1.29 is 0 Å². The number of nitrogens with zero attached hydrogens (tertiary/aromatic N) is 1. The molecule has 0 aliphatic heterocycles. The van der Waals surface area contributed by atoms with E-state index in [1.165, 1.54) is 32.3 Å². The summed E-state index contributed by atoms with van der Waals surface area (Å²) in [6, 6.07) is 25.6. The first kappa shape index (κ1) is 13.3. The van der Waals surface area contributed by atoms with Gasteiger partial charge in [0.25, 0.3) is 0 Å². The lowest BCUT2D eigenvalue weighted by Gasteiger charge is -2.13. The fourth-order valence-electron chi connectivity index (χ4n) is 3.68.